The lowest BCUT2D eigenvalue weighted by Gasteiger charge is -1.80. The van der Waals surface area contributed by atoms with Gasteiger partial charge in [-0.25, -0.2) is 0 Å². The molecule has 0 aromatic carbocycles. The van der Waals surface area contributed by atoms with Gasteiger partial charge in [0.2, 0.25) is 5.16 Å². The number of nitrogens with zero attached hydrogens (tertiary/aromatic N) is 2. The van der Waals surface area contributed by atoms with Gasteiger partial charge < -0.3 is 0 Å². The zero-order valence-electron chi connectivity index (χ0n) is 3.79. The Morgan fingerprint density at radius 3 is 2.88 bits per heavy atom. The van der Waals surface area contributed by atoms with Crippen LogP contribution in [0, 0.1) is 0 Å². The first-order valence-corrected chi connectivity index (χ1v) is 2.28. The van der Waals surface area contributed by atoms with Crippen molar-refractivity contribution >= 4 is 12.6 Å². The van der Waals surface area contributed by atoms with Crippen LogP contribution >= 0.6 is 12.6 Å². The Morgan fingerprint density at radius 2 is 2.50 bits per heavy atom. The van der Waals surface area contributed by atoms with E-state index in [4.69, 9.17) is 0 Å². The van der Waals surface area contributed by atoms with Crippen molar-refractivity contribution in [3.05, 3.63) is 16.6 Å². The Bertz CT molecular complexity index is 232. The zero-order valence-corrected chi connectivity index (χ0v) is 4.60. The van der Waals surface area contributed by atoms with Crippen molar-refractivity contribution in [2.45, 2.75) is 5.16 Å². The van der Waals surface area contributed by atoms with E-state index in [1.807, 2.05) is 0 Å². The minimum absolute atomic E-state index is 0.123. The molecule has 41 valence electrons. The van der Waals surface area contributed by atoms with Crippen molar-refractivity contribution in [1.29, 1.82) is 0 Å². The van der Waals surface area contributed by atoms with Crippen LogP contribution in [0.1, 0.15) is 0 Å². The highest BCUT2D eigenvalue weighted by Gasteiger charge is 1.85. The smallest absolute Gasteiger partial charge is 0.266 e. The summed E-state index contributed by atoms with van der Waals surface area (Å²) >= 11 is 4.47. The molecule has 1 N–H and O–H groups in total. The van der Waals surface area contributed by atoms with Crippen LogP contribution in [-0.4, -0.2) is 15.2 Å². The molecular weight excluding hydrogens is 126 g/mol. The number of aromatic nitrogens is 3. The van der Waals surface area contributed by atoms with Gasteiger partial charge in [0.15, 0.2) is 0 Å². The van der Waals surface area contributed by atoms with Gasteiger partial charge in [0.05, 0.1) is 0 Å². The molecule has 0 atom stereocenters. The Morgan fingerprint density at radius 1 is 1.75 bits per heavy atom. The molecule has 1 aromatic heterocycles. The third kappa shape index (κ3) is 1.00. The largest absolute Gasteiger partial charge is 0.292 e. The van der Waals surface area contributed by atoms with Crippen LogP contribution in [0.25, 0.3) is 0 Å². The van der Waals surface area contributed by atoms with Gasteiger partial charge in [0.1, 0.15) is 6.20 Å². The van der Waals surface area contributed by atoms with E-state index >= 15 is 0 Å². The average molecular weight is 128 g/mol. The SMILES string of the molecule is O=c1cn[nH]c([S])n1. The molecule has 1 rings (SSSR count). The zero-order chi connectivity index (χ0) is 5.98. The van der Waals surface area contributed by atoms with E-state index in [0.717, 1.165) is 6.20 Å². The number of hydrogen-bond donors (Lipinski definition) is 1. The number of aromatic amines is 1. The van der Waals surface area contributed by atoms with Gasteiger partial charge in [-0.2, -0.15) is 10.1 Å². The maximum atomic E-state index is 10.2. The fourth-order valence-electron chi connectivity index (χ4n) is 0.297. The van der Waals surface area contributed by atoms with Crippen molar-refractivity contribution in [3.8, 4) is 0 Å². The number of H-pyrrole nitrogens is 1. The van der Waals surface area contributed by atoms with E-state index in [1.165, 1.54) is 0 Å². The highest BCUT2D eigenvalue weighted by molar-refractivity contribution is 7.80. The normalized spacial score (nSPS) is 9.00. The lowest BCUT2D eigenvalue weighted by atomic mass is 10.9. The first-order valence-electron chi connectivity index (χ1n) is 1.88. The van der Waals surface area contributed by atoms with Crippen LogP contribution in [0.3, 0.4) is 0 Å². The summed E-state index contributed by atoms with van der Waals surface area (Å²) in [7, 11) is 0. The molecule has 0 aliphatic rings. The van der Waals surface area contributed by atoms with E-state index in [1.54, 1.807) is 0 Å². The average Bonchev–Trinajstić information content (AvgIpc) is 1.64. The van der Waals surface area contributed by atoms with Crippen molar-refractivity contribution in [2.75, 3.05) is 0 Å². The summed E-state index contributed by atoms with van der Waals surface area (Å²) in [5, 5.41) is 5.83. The summed E-state index contributed by atoms with van der Waals surface area (Å²) < 4.78 is 0. The van der Waals surface area contributed by atoms with E-state index in [-0.39, 0.29) is 5.16 Å². The van der Waals surface area contributed by atoms with Crippen LogP contribution in [-0.2, 0) is 0 Å². The van der Waals surface area contributed by atoms with Crippen LogP contribution < -0.4 is 5.56 Å². The van der Waals surface area contributed by atoms with Crippen molar-refractivity contribution in [3.63, 3.8) is 0 Å². The standard InChI is InChI=1S/C3H2N3OS/c7-2-1-4-6-3(8)5-2/h1H,(H,5,6,7). The van der Waals surface area contributed by atoms with E-state index in [9.17, 15) is 4.79 Å². The summed E-state index contributed by atoms with van der Waals surface area (Å²) in [5.41, 5.74) is -0.409. The summed E-state index contributed by atoms with van der Waals surface area (Å²) in [4.78, 5) is 13.5. The number of nitrogens with one attached hydrogen (secondary N) is 1. The third-order valence-electron chi connectivity index (χ3n) is 0.547. The van der Waals surface area contributed by atoms with Crippen molar-refractivity contribution in [1.82, 2.24) is 15.2 Å². The highest BCUT2D eigenvalue weighted by atomic mass is 32.1. The second-order valence-electron chi connectivity index (χ2n) is 1.13. The van der Waals surface area contributed by atoms with Gasteiger partial charge in [-0.1, -0.05) is 0 Å². The lowest BCUT2D eigenvalue weighted by Crippen LogP contribution is -2.06. The van der Waals surface area contributed by atoms with E-state index in [0.29, 0.717) is 0 Å². The molecule has 1 aromatic rings. The van der Waals surface area contributed by atoms with Gasteiger partial charge in [-0.15, -0.1) is 0 Å². The molecule has 0 saturated heterocycles. The maximum absolute atomic E-state index is 10.2. The van der Waals surface area contributed by atoms with Crippen LogP contribution in [0.15, 0.2) is 16.1 Å². The fourth-order valence-corrected chi connectivity index (χ4v) is 0.439. The predicted octanol–water partition coefficient (Wildman–Crippen LogP) is -0.279. The molecule has 4 nitrogen and oxygen atoms in total. The van der Waals surface area contributed by atoms with Gasteiger partial charge in [-0.3, -0.25) is 9.89 Å². The van der Waals surface area contributed by atoms with Crippen molar-refractivity contribution < 1.29 is 0 Å². The minimum atomic E-state index is -0.409. The Labute approximate surface area is 50.4 Å². The maximum Gasteiger partial charge on any atom is 0.292 e. The summed E-state index contributed by atoms with van der Waals surface area (Å²) in [6.07, 6.45) is 1.07. The number of hydrogen-bond acceptors (Lipinski definition) is 3. The highest BCUT2D eigenvalue weighted by Crippen LogP contribution is 1.83. The van der Waals surface area contributed by atoms with Gasteiger partial charge in [0, 0.05) is 0 Å². The third-order valence-corrected chi connectivity index (χ3v) is 0.729. The topological polar surface area (TPSA) is 58.6 Å². The molecule has 1 radical (unpaired) electrons. The Balaban J connectivity index is 3.28. The fraction of sp³-hybridized carbons (Fsp3) is 0. The van der Waals surface area contributed by atoms with Crippen LogP contribution in [0.5, 0.6) is 0 Å². The second kappa shape index (κ2) is 1.87. The van der Waals surface area contributed by atoms with Gasteiger partial charge >= 0.3 is 0 Å². The molecule has 0 bridgehead atoms. The molecule has 0 aliphatic heterocycles. The summed E-state index contributed by atoms with van der Waals surface area (Å²) in [5.74, 6) is 0. The lowest BCUT2D eigenvalue weighted by molar-refractivity contribution is 0.821. The Kier molecular flexibility index (Phi) is 1.21. The molecule has 1 heterocycles. The monoisotopic (exact) mass is 128 g/mol. The van der Waals surface area contributed by atoms with Crippen molar-refractivity contribution in [2.24, 2.45) is 0 Å². The van der Waals surface area contributed by atoms with E-state index < -0.39 is 5.56 Å². The molecular formula is C3H2N3OS. The minimum Gasteiger partial charge on any atom is -0.266 e. The van der Waals surface area contributed by atoms with Gasteiger partial charge in [-0.05, 0) is 12.6 Å². The van der Waals surface area contributed by atoms with Crippen LogP contribution in [0.4, 0.5) is 0 Å². The molecule has 0 aliphatic carbocycles. The molecule has 0 unspecified atom stereocenters. The molecule has 0 fully saturated rings. The molecule has 0 spiro atoms. The van der Waals surface area contributed by atoms with E-state index in [2.05, 4.69) is 27.8 Å². The molecule has 8 heavy (non-hydrogen) atoms. The molecule has 0 saturated carbocycles. The first kappa shape index (κ1) is 5.17. The van der Waals surface area contributed by atoms with Gasteiger partial charge in [0.25, 0.3) is 5.56 Å². The summed E-state index contributed by atoms with van der Waals surface area (Å²) in [6.45, 7) is 0. The predicted molar refractivity (Wildman–Crippen MR) is 28.5 cm³/mol. The first-order chi connectivity index (χ1) is 3.79. The van der Waals surface area contributed by atoms with Crippen LogP contribution in [0.2, 0.25) is 0 Å². The molecule has 5 heteroatoms. The molecule has 0 amide bonds. The Hall–Kier alpha value is -0.970. The summed E-state index contributed by atoms with van der Waals surface area (Å²) in [6, 6.07) is 0. The second-order valence-corrected chi connectivity index (χ2v) is 1.51. The number of rotatable bonds is 0. The quantitative estimate of drug-likeness (QED) is 0.522.